The van der Waals surface area contributed by atoms with E-state index in [2.05, 4.69) is 59.5 Å². The number of Topliss-reactive ketones (excluding diaryl/α,β-unsaturated/α-hetero) is 2. The highest BCUT2D eigenvalue weighted by Crippen LogP contribution is 2.39. The smallest absolute Gasteiger partial charge is 0.197 e. The van der Waals surface area contributed by atoms with Gasteiger partial charge in [-0.25, -0.2) is 0 Å². The summed E-state index contributed by atoms with van der Waals surface area (Å²) in [6.07, 6.45) is 1.74. The van der Waals surface area contributed by atoms with Gasteiger partial charge in [0.15, 0.2) is 11.6 Å². The predicted molar refractivity (Wildman–Crippen MR) is 127 cm³/mol. The molecule has 0 saturated heterocycles. The molecule has 4 aromatic rings. The zero-order valence-corrected chi connectivity index (χ0v) is 18.1. The van der Waals surface area contributed by atoms with E-state index in [9.17, 15) is 9.59 Å². The largest absolute Gasteiger partial charge is 0.302 e. The number of carbonyl (C=O) groups is 2. The average molecular weight is 434 g/mol. The molecule has 6 rings (SSSR count). The number of allylic oxidation sites excluding steroid dienone is 1. The minimum absolute atomic E-state index is 0.189. The number of rotatable bonds is 2. The Morgan fingerprint density at radius 3 is 1.84 bits per heavy atom. The highest BCUT2D eigenvalue weighted by atomic mass is 32.1. The molecule has 0 spiro atoms. The second-order valence-electron chi connectivity index (χ2n) is 7.43. The molecule has 146 valence electrons. The van der Waals surface area contributed by atoms with Gasteiger partial charge < -0.3 is 4.90 Å². The summed E-state index contributed by atoms with van der Waals surface area (Å²) in [5.74, 6) is -0.379. The maximum atomic E-state index is 12.8. The Hall–Kier alpha value is -3.54. The third-order valence-electron chi connectivity index (χ3n) is 5.58. The summed E-state index contributed by atoms with van der Waals surface area (Å²) in [5.41, 5.74) is 3.60. The fourth-order valence-electron chi connectivity index (χ4n) is 4.15. The number of thiophene rings is 1. The number of hydrogen-bond donors (Lipinski definition) is 0. The van der Waals surface area contributed by atoms with E-state index < -0.39 is 0 Å². The highest BCUT2D eigenvalue weighted by Gasteiger charge is 2.33. The zero-order valence-electron chi connectivity index (χ0n) is 16.3. The number of para-hydroxylation sites is 2. The third-order valence-corrected chi connectivity index (χ3v) is 7.99. The first kappa shape index (κ1) is 18.2. The van der Waals surface area contributed by atoms with Gasteiger partial charge in [0, 0.05) is 27.4 Å². The molecule has 3 nitrogen and oxygen atoms in total. The molecule has 1 aromatic heterocycles. The minimum Gasteiger partial charge on any atom is -0.302 e. The predicted octanol–water partition coefficient (Wildman–Crippen LogP) is 4.65. The third kappa shape index (κ3) is 2.85. The molecule has 0 amide bonds. The van der Waals surface area contributed by atoms with Crippen molar-refractivity contribution in [2.75, 3.05) is 4.90 Å². The van der Waals surface area contributed by atoms with E-state index >= 15 is 0 Å². The van der Waals surface area contributed by atoms with E-state index in [-0.39, 0.29) is 17.1 Å². The quantitative estimate of drug-likeness (QED) is 0.231. The first-order valence-electron chi connectivity index (χ1n) is 9.96. The van der Waals surface area contributed by atoms with Crippen LogP contribution < -0.4 is 15.3 Å². The molecule has 0 fully saturated rings. The van der Waals surface area contributed by atoms with Gasteiger partial charge in [0.2, 0.25) is 0 Å². The molecular weight excluding hydrogens is 418 g/mol. The number of carbonyl (C=O) groups excluding carboxylic acids is 2. The molecule has 2 radical (unpaired) electrons. The van der Waals surface area contributed by atoms with E-state index in [0.717, 1.165) is 9.88 Å². The van der Waals surface area contributed by atoms with Crippen LogP contribution in [-0.2, 0) is 0 Å². The van der Waals surface area contributed by atoms with Gasteiger partial charge in [-0.3, -0.25) is 9.59 Å². The van der Waals surface area contributed by atoms with Crippen LogP contribution in [0.3, 0.4) is 0 Å². The van der Waals surface area contributed by atoms with Gasteiger partial charge >= 0.3 is 0 Å². The minimum atomic E-state index is -0.189. The molecule has 2 heterocycles. The molecule has 0 saturated carbocycles. The molecular formula is C26H15NO2SSi. The van der Waals surface area contributed by atoms with E-state index in [1.54, 1.807) is 41.7 Å². The number of fused-ring (bicyclic) bond motifs is 3. The van der Waals surface area contributed by atoms with Gasteiger partial charge in [0.1, 0.15) is 14.5 Å². The molecule has 0 N–H and O–H groups in total. The topological polar surface area (TPSA) is 37.4 Å². The molecule has 1 aliphatic heterocycles. The lowest BCUT2D eigenvalue weighted by atomic mass is 10.1. The first-order valence-corrected chi connectivity index (χ1v) is 11.8. The standard InChI is InChI=1S/C26H15NO2SSi/c28-25-17-7-1-2-8-18(17)26(29)19(25)15-16-13-14-24(30-16)27-20-9-3-5-11-22(20)31-23-12-6-4-10-21(23)27/h1-15H. The second kappa shape index (κ2) is 7.01. The van der Waals surface area contributed by atoms with Crippen molar-refractivity contribution in [3.8, 4) is 0 Å². The van der Waals surface area contributed by atoms with E-state index in [4.69, 9.17) is 0 Å². The summed E-state index contributed by atoms with van der Waals surface area (Å²) < 4.78 is 0. The molecule has 0 unspecified atom stereocenters. The van der Waals surface area contributed by atoms with Crippen LogP contribution in [0.5, 0.6) is 0 Å². The van der Waals surface area contributed by atoms with Gasteiger partial charge in [0.05, 0.1) is 5.57 Å². The van der Waals surface area contributed by atoms with Crippen molar-refractivity contribution in [3.05, 3.63) is 107 Å². The van der Waals surface area contributed by atoms with Gasteiger partial charge in [-0.05, 0) is 40.7 Å². The van der Waals surface area contributed by atoms with E-state index in [1.165, 1.54) is 21.7 Å². The van der Waals surface area contributed by atoms with Gasteiger partial charge in [0.25, 0.3) is 0 Å². The van der Waals surface area contributed by atoms with Crippen LogP contribution in [0, 0.1) is 0 Å². The number of anilines is 3. The molecule has 3 aromatic carbocycles. The Kier molecular flexibility index (Phi) is 4.13. The fraction of sp³-hybridized carbons (Fsp3) is 0. The summed E-state index contributed by atoms with van der Waals surface area (Å²) in [4.78, 5) is 28.7. The van der Waals surface area contributed by atoms with E-state index in [1.807, 2.05) is 6.07 Å². The van der Waals surface area contributed by atoms with Crippen LogP contribution in [0.4, 0.5) is 16.4 Å². The zero-order chi connectivity index (χ0) is 20.9. The van der Waals surface area contributed by atoms with Crippen molar-refractivity contribution < 1.29 is 9.59 Å². The van der Waals surface area contributed by atoms with Crippen molar-refractivity contribution in [2.45, 2.75) is 0 Å². The Labute approximate surface area is 186 Å². The number of ketones is 2. The molecule has 31 heavy (non-hydrogen) atoms. The summed E-state index contributed by atoms with van der Waals surface area (Å²) in [7, 11) is 0.622. The van der Waals surface area contributed by atoms with Crippen LogP contribution in [0.1, 0.15) is 25.6 Å². The SMILES string of the molecule is O=C1C(=Cc2ccc(N3c4ccccc4[Si]c4ccccc43)s2)C(=O)c2ccccc21. The molecule has 5 heteroatoms. The fourth-order valence-corrected chi connectivity index (χ4v) is 6.42. The van der Waals surface area contributed by atoms with Crippen molar-refractivity contribution in [2.24, 2.45) is 0 Å². The highest BCUT2D eigenvalue weighted by molar-refractivity contribution is 7.17. The van der Waals surface area contributed by atoms with Crippen molar-refractivity contribution in [1.29, 1.82) is 0 Å². The Bertz CT molecular complexity index is 1340. The number of hydrogen-bond acceptors (Lipinski definition) is 4. The Balaban J connectivity index is 1.43. The van der Waals surface area contributed by atoms with Crippen molar-refractivity contribution in [1.82, 2.24) is 0 Å². The summed E-state index contributed by atoms with van der Waals surface area (Å²) in [5, 5.41) is 3.68. The molecule has 2 aliphatic rings. The van der Waals surface area contributed by atoms with Gasteiger partial charge in [-0.15, -0.1) is 11.3 Å². The molecule has 1 aliphatic carbocycles. The lowest BCUT2D eigenvalue weighted by molar-refractivity contribution is 0.0990. The van der Waals surface area contributed by atoms with Crippen molar-refractivity contribution >= 4 is 65.2 Å². The second-order valence-corrected chi connectivity index (χ2v) is 9.85. The van der Waals surface area contributed by atoms with Crippen LogP contribution in [-0.4, -0.2) is 21.1 Å². The van der Waals surface area contributed by atoms with E-state index in [0.29, 0.717) is 20.6 Å². The average Bonchev–Trinajstić information content (AvgIpc) is 3.36. The summed E-state index contributed by atoms with van der Waals surface area (Å²) in [6.45, 7) is 0. The van der Waals surface area contributed by atoms with Crippen LogP contribution >= 0.6 is 11.3 Å². The van der Waals surface area contributed by atoms with Crippen LogP contribution in [0.25, 0.3) is 6.08 Å². The molecule has 0 bridgehead atoms. The Morgan fingerprint density at radius 2 is 1.23 bits per heavy atom. The van der Waals surface area contributed by atoms with Gasteiger partial charge in [-0.1, -0.05) is 60.7 Å². The first-order chi connectivity index (χ1) is 15.2. The monoisotopic (exact) mass is 433 g/mol. The van der Waals surface area contributed by atoms with Crippen molar-refractivity contribution in [3.63, 3.8) is 0 Å². The number of nitrogens with zero attached hydrogens (tertiary/aromatic N) is 1. The maximum Gasteiger partial charge on any atom is 0.197 e. The lowest BCUT2D eigenvalue weighted by Gasteiger charge is -2.32. The number of benzene rings is 3. The Morgan fingerprint density at radius 1 is 0.677 bits per heavy atom. The van der Waals surface area contributed by atoms with Crippen LogP contribution in [0.2, 0.25) is 0 Å². The summed E-state index contributed by atoms with van der Waals surface area (Å²) in [6, 6.07) is 28.0. The normalized spacial score (nSPS) is 14.3. The summed E-state index contributed by atoms with van der Waals surface area (Å²) >= 11 is 1.58. The van der Waals surface area contributed by atoms with Gasteiger partial charge in [-0.2, -0.15) is 0 Å². The molecule has 0 atom stereocenters. The maximum absolute atomic E-state index is 12.8. The van der Waals surface area contributed by atoms with Crippen LogP contribution in [0.15, 0.2) is 90.5 Å². The lowest BCUT2D eigenvalue weighted by Crippen LogP contribution is -2.39.